The molecule has 0 saturated carbocycles. The molecule has 0 aliphatic carbocycles. The first-order chi connectivity index (χ1) is 5.31. The van der Waals surface area contributed by atoms with Gasteiger partial charge in [0.15, 0.2) is 0 Å². The van der Waals surface area contributed by atoms with Crippen molar-refractivity contribution in [1.82, 2.24) is 0 Å². The Balaban J connectivity index is 3.82. The molecule has 60 valence electrons. The van der Waals surface area contributed by atoms with E-state index in [9.17, 15) is 0 Å². The average molecular weight is 150 g/mol. The van der Waals surface area contributed by atoms with Crippen molar-refractivity contribution in [3.05, 3.63) is 48.6 Å². The van der Waals surface area contributed by atoms with E-state index in [0.717, 1.165) is 5.57 Å². The van der Waals surface area contributed by atoms with Crippen LogP contribution in [-0.4, -0.2) is 11.7 Å². The van der Waals surface area contributed by atoms with E-state index in [-0.39, 0.29) is 6.61 Å². The molecule has 0 bridgehead atoms. The molecule has 1 nitrogen and oxygen atoms in total. The van der Waals surface area contributed by atoms with Gasteiger partial charge in [0.05, 0.1) is 6.61 Å². The standard InChI is InChI=1S/C10H14O/c1-3-4-5-6-7-10(2)8-9-11/h3-8,11H,1,9H2,2H3/b5-4+,7-6-,10-8+. The summed E-state index contributed by atoms with van der Waals surface area (Å²) in [6.45, 7) is 5.58. The van der Waals surface area contributed by atoms with Crippen LogP contribution in [0.4, 0.5) is 0 Å². The Bertz CT molecular complexity index is 185. The minimum absolute atomic E-state index is 0.0986. The van der Waals surface area contributed by atoms with E-state index in [1.807, 2.05) is 31.2 Å². The predicted octanol–water partition coefficient (Wildman–Crippen LogP) is 2.22. The van der Waals surface area contributed by atoms with Crippen LogP contribution in [0.3, 0.4) is 0 Å². The van der Waals surface area contributed by atoms with Crippen LogP contribution in [0.2, 0.25) is 0 Å². The summed E-state index contributed by atoms with van der Waals surface area (Å²) in [5, 5.41) is 8.49. The fourth-order valence-corrected chi connectivity index (χ4v) is 0.562. The van der Waals surface area contributed by atoms with Crippen LogP contribution in [-0.2, 0) is 0 Å². The Labute approximate surface area is 68.1 Å². The van der Waals surface area contributed by atoms with Gasteiger partial charge < -0.3 is 5.11 Å². The maximum atomic E-state index is 8.49. The van der Waals surface area contributed by atoms with Crippen molar-refractivity contribution in [1.29, 1.82) is 0 Å². The minimum Gasteiger partial charge on any atom is -0.392 e. The third-order valence-corrected chi connectivity index (χ3v) is 1.13. The van der Waals surface area contributed by atoms with Crippen LogP contribution in [0.15, 0.2) is 48.6 Å². The van der Waals surface area contributed by atoms with Crippen LogP contribution in [0, 0.1) is 0 Å². The normalized spacial score (nSPS) is 13.1. The second-order valence-corrected chi connectivity index (χ2v) is 2.11. The van der Waals surface area contributed by atoms with Crippen LogP contribution < -0.4 is 0 Å². The molecular formula is C10H14O. The van der Waals surface area contributed by atoms with Crippen molar-refractivity contribution in [2.45, 2.75) is 6.92 Å². The zero-order valence-corrected chi connectivity index (χ0v) is 6.83. The number of aliphatic hydroxyl groups is 1. The molecule has 0 atom stereocenters. The molecule has 1 N–H and O–H groups in total. The zero-order chi connectivity index (χ0) is 8.53. The minimum atomic E-state index is 0.0986. The highest BCUT2D eigenvalue weighted by atomic mass is 16.2. The number of hydrogen-bond acceptors (Lipinski definition) is 1. The van der Waals surface area contributed by atoms with Gasteiger partial charge in [0.2, 0.25) is 0 Å². The molecule has 0 radical (unpaired) electrons. The van der Waals surface area contributed by atoms with Crippen LogP contribution in [0.25, 0.3) is 0 Å². The van der Waals surface area contributed by atoms with Crippen molar-refractivity contribution in [3.8, 4) is 0 Å². The van der Waals surface area contributed by atoms with Gasteiger partial charge in [-0.25, -0.2) is 0 Å². The molecule has 0 amide bonds. The van der Waals surface area contributed by atoms with Gasteiger partial charge in [-0.1, -0.05) is 48.6 Å². The third kappa shape index (κ3) is 6.81. The number of aliphatic hydroxyl groups excluding tert-OH is 1. The highest BCUT2D eigenvalue weighted by Gasteiger charge is 1.76. The summed E-state index contributed by atoms with van der Waals surface area (Å²) in [5.74, 6) is 0. The SMILES string of the molecule is C=C/C=C/C=C\C(C)=C\CO. The largest absolute Gasteiger partial charge is 0.392 e. The second kappa shape index (κ2) is 7.03. The van der Waals surface area contributed by atoms with E-state index in [1.54, 1.807) is 12.2 Å². The monoisotopic (exact) mass is 150 g/mol. The highest BCUT2D eigenvalue weighted by molar-refractivity contribution is 5.21. The van der Waals surface area contributed by atoms with Crippen molar-refractivity contribution in [2.24, 2.45) is 0 Å². The molecule has 0 aromatic rings. The second-order valence-electron chi connectivity index (χ2n) is 2.11. The molecule has 1 heteroatoms. The lowest BCUT2D eigenvalue weighted by atomic mass is 10.2. The third-order valence-electron chi connectivity index (χ3n) is 1.13. The van der Waals surface area contributed by atoms with E-state index >= 15 is 0 Å². The molecule has 0 saturated heterocycles. The molecule has 0 unspecified atom stereocenters. The lowest BCUT2D eigenvalue weighted by Gasteiger charge is -1.86. The van der Waals surface area contributed by atoms with E-state index in [0.29, 0.717) is 0 Å². The number of rotatable bonds is 4. The first kappa shape index (κ1) is 9.92. The fraction of sp³-hybridized carbons (Fsp3) is 0.200. The Kier molecular flexibility index (Phi) is 6.34. The average Bonchev–Trinajstić information content (AvgIpc) is 1.99. The molecule has 0 aromatic carbocycles. The fourth-order valence-electron chi connectivity index (χ4n) is 0.562. The Morgan fingerprint density at radius 3 is 2.64 bits per heavy atom. The smallest absolute Gasteiger partial charge is 0.0617 e. The van der Waals surface area contributed by atoms with Gasteiger partial charge >= 0.3 is 0 Å². The Morgan fingerprint density at radius 1 is 1.36 bits per heavy atom. The Hall–Kier alpha value is -1.08. The van der Waals surface area contributed by atoms with E-state index < -0.39 is 0 Å². The lowest BCUT2D eigenvalue weighted by molar-refractivity contribution is 0.342. The quantitative estimate of drug-likeness (QED) is 0.609. The summed E-state index contributed by atoms with van der Waals surface area (Å²) in [6.07, 6.45) is 11.0. The molecule has 11 heavy (non-hydrogen) atoms. The molecule has 0 aromatic heterocycles. The molecule has 0 heterocycles. The van der Waals surface area contributed by atoms with E-state index in [2.05, 4.69) is 6.58 Å². The summed E-state index contributed by atoms with van der Waals surface area (Å²) in [6, 6.07) is 0. The zero-order valence-electron chi connectivity index (χ0n) is 6.83. The van der Waals surface area contributed by atoms with Crippen LogP contribution in [0.1, 0.15) is 6.92 Å². The lowest BCUT2D eigenvalue weighted by Crippen LogP contribution is -1.74. The van der Waals surface area contributed by atoms with Crippen molar-refractivity contribution in [3.63, 3.8) is 0 Å². The van der Waals surface area contributed by atoms with Gasteiger partial charge in [-0.05, 0) is 6.92 Å². The molecule has 0 spiro atoms. The molecule has 0 rings (SSSR count). The first-order valence-electron chi connectivity index (χ1n) is 3.54. The van der Waals surface area contributed by atoms with Crippen molar-refractivity contribution >= 4 is 0 Å². The summed E-state index contributed by atoms with van der Waals surface area (Å²) in [5.41, 5.74) is 1.06. The summed E-state index contributed by atoms with van der Waals surface area (Å²) >= 11 is 0. The summed E-state index contributed by atoms with van der Waals surface area (Å²) in [4.78, 5) is 0. The highest BCUT2D eigenvalue weighted by Crippen LogP contribution is 1.93. The van der Waals surface area contributed by atoms with Gasteiger partial charge in [0.25, 0.3) is 0 Å². The number of allylic oxidation sites excluding steroid dienone is 6. The summed E-state index contributed by atoms with van der Waals surface area (Å²) < 4.78 is 0. The maximum absolute atomic E-state index is 8.49. The molecule has 0 aliphatic rings. The predicted molar refractivity (Wildman–Crippen MR) is 49.3 cm³/mol. The Morgan fingerprint density at radius 2 is 2.09 bits per heavy atom. The van der Waals surface area contributed by atoms with Gasteiger partial charge in [0.1, 0.15) is 0 Å². The van der Waals surface area contributed by atoms with Gasteiger partial charge in [-0.3, -0.25) is 0 Å². The maximum Gasteiger partial charge on any atom is 0.0617 e. The van der Waals surface area contributed by atoms with Crippen molar-refractivity contribution < 1.29 is 5.11 Å². The van der Waals surface area contributed by atoms with Crippen molar-refractivity contribution in [2.75, 3.05) is 6.61 Å². The van der Waals surface area contributed by atoms with Gasteiger partial charge in [-0.15, -0.1) is 0 Å². The molecule has 0 fully saturated rings. The first-order valence-corrected chi connectivity index (χ1v) is 3.54. The molecule has 0 aliphatic heterocycles. The van der Waals surface area contributed by atoms with E-state index in [1.165, 1.54) is 0 Å². The van der Waals surface area contributed by atoms with Gasteiger partial charge in [-0.2, -0.15) is 0 Å². The number of hydrogen-bond donors (Lipinski definition) is 1. The molecular weight excluding hydrogens is 136 g/mol. The van der Waals surface area contributed by atoms with E-state index in [4.69, 9.17) is 5.11 Å². The van der Waals surface area contributed by atoms with Crippen LogP contribution >= 0.6 is 0 Å². The topological polar surface area (TPSA) is 20.2 Å². The van der Waals surface area contributed by atoms with Gasteiger partial charge in [0, 0.05) is 0 Å². The van der Waals surface area contributed by atoms with Crippen LogP contribution in [0.5, 0.6) is 0 Å². The summed E-state index contributed by atoms with van der Waals surface area (Å²) in [7, 11) is 0.